The van der Waals surface area contributed by atoms with Crippen molar-refractivity contribution in [1.82, 2.24) is 14.9 Å². The summed E-state index contributed by atoms with van der Waals surface area (Å²) >= 11 is 0. The quantitative estimate of drug-likeness (QED) is 0.398. The number of guanidine groups is 1. The van der Waals surface area contributed by atoms with Crippen LogP contribution in [-0.2, 0) is 14.8 Å². The summed E-state index contributed by atoms with van der Waals surface area (Å²) < 4.78 is 51.1. The van der Waals surface area contributed by atoms with Gasteiger partial charge >= 0.3 is 0 Å². The number of nitrogens with zero attached hydrogens (tertiary/aromatic N) is 2. The van der Waals surface area contributed by atoms with Crippen LogP contribution in [0.3, 0.4) is 0 Å². The maximum atomic E-state index is 12.9. The Kier molecular flexibility index (Phi) is 10.3. The van der Waals surface area contributed by atoms with E-state index in [9.17, 15) is 12.8 Å². The minimum absolute atomic E-state index is 0.0402. The van der Waals surface area contributed by atoms with E-state index in [4.69, 9.17) is 9.47 Å². The molecule has 2 N–H and O–H groups in total. The molecule has 8 nitrogen and oxygen atoms in total. The molecule has 1 aromatic rings. The van der Waals surface area contributed by atoms with Crippen molar-refractivity contribution in [3.8, 4) is 5.75 Å². The number of nitrogens with one attached hydrogen (secondary N) is 2. The van der Waals surface area contributed by atoms with Gasteiger partial charge in [-0.1, -0.05) is 0 Å². The van der Waals surface area contributed by atoms with E-state index in [1.54, 1.807) is 12.1 Å². The fraction of sp³-hybridized carbons (Fsp3) is 0.650. The van der Waals surface area contributed by atoms with Crippen molar-refractivity contribution in [3.63, 3.8) is 0 Å². The van der Waals surface area contributed by atoms with Gasteiger partial charge in [-0.25, -0.2) is 17.5 Å². The van der Waals surface area contributed by atoms with E-state index >= 15 is 0 Å². The zero-order chi connectivity index (χ0) is 21.8. The molecule has 1 heterocycles. The highest BCUT2D eigenvalue weighted by atomic mass is 32.2. The molecule has 0 radical (unpaired) electrons. The average molecular weight is 445 g/mol. The number of hydrogen-bond acceptors (Lipinski definition) is 5. The second-order valence-corrected chi connectivity index (χ2v) is 9.04. The van der Waals surface area contributed by atoms with Crippen LogP contribution in [0.25, 0.3) is 0 Å². The Hall–Kier alpha value is -1.91. The van der Waals surface area contributed by atoms with E-state index in [2.05, 4.69) is 15.0 Å². The molecule has 1 fully saturated rings. The number of hydrogen-bond donors (Lipinski definition) is 2. The summed E-state index contributed by atoms with van der Waals surface area (Å²) in [5.74, 6) is 0.794. The second-order valence-electron chi connectivity index (χ2n) is 7.12. The number of aliphatic imine (C=N–C) groups is 1. The monoisotopic (exact) mass is 444 g/mol. The van der Waals surface area contributed by atoms with Gasteiger partial charge in [0.1, 0.15) is 18.2 Å². The Morgan fingerprint density at radius 1 is 1.33 bits per heavy atom. The fourth-order valence-corrected chi connectivity index (χ4v) is 3.85. The number of rotatable bonds is 11. The largest absolute Gasteiger partial charge is 0.492 e. The Labute approximate surface area is 178 Å². The lowest BCUT2D eigenvalue weighted by molar-refractivity contribution is 0.0200. The van der Waals surface area contributed by atoms with Gasteiger partial charge in [-0.05, 0) is 50.5 Å². The predicted molar refractivity (Wildman–Crippen MR) is 116 cm³/mol. The van der Waals surface area contributed by atoms with E-state index in [1.165, 1.54) is 12.1 Å². The smallest absolute Gasteiger partial charge is 0.213 e. The van der Waals surface area contributed by atoms with Gasteiger partial charge in [-0.3, -0.25) is 4.99 Å². The number of sulfonamides is 1. The van der Waals surface area contributed by atoms with Gasteiger partial charge in [0.15, 0.2) is 5.96 Å². The van der Waals surface area contributed by atoms with Gasteiger partial charge in [0.2, 0.25) is 10.0 Å². The van der Waals surface area contributed by atoms with Gasteiger partial charge in [0.05, 0.1) is 24.9 Å². The molecule has 0 spiro atoms. The van der Waals surface area contributed by atoms with Crippen LogP contribution in [0.4, 0.5) is 4.39 Å². The summed E-state index contributed by atoms with van der Waals surface area (Å²) in [6.07, 6.45) is 2.95. The van der Waals surface area contributed by atoms with Crippen LogP contribution in [0.2, 0.25) is 0 Å². The van der Waals surface area contributed by atoms with Gasteiger partial charge in [0, 0.05) is 26.7 Å². The molecule has 1 aliphatic heterocycles. The third-order valence-corrected chi connectivity index (χ3v) is 5.96. The SMILES string of the molecule is CCNC(=NCCS(=O)(=O)NCC1CCCCO1)N(C)CCOc1ccc(F)cc1. The third kappa shape index (κ3) is 9.27. The van der Waals surface area contributed by atoms with Crippen molar-refractivity contribution in [2.45, 2.75) is 32.3 Å². The summed E-state index contributed by atoms with van der Waals surface area (Å²) in [5.41, 5.74) is 0. The summed E-state index contributed by atoms with van der Waals surface area (Å²) in [5, 5.41) is 3.14. The summed E-state index contributed by atoms with van der Waals surface area (Å²) in [6.45, 7) is 4.67. The molecule has 1 aliphatic rings. The lowest BCUT2D eigenvalue weighted by Gasteiger charge is -2.23. The maximum absolute atomic E-state index is 12.9. The lowest BCUT2D eigenvalue weighted by Crippen LogP contribution is -2.41. The van der Waals surface area contributed by atoms with Crippen LogP contribution in [0.5, 0.6) is 5.75 Å². The topological polar surface area (TPSA) is 92.3 Å². The maximum Gasteiger partial charge on any atom is 0.213 e. The summed E-state index contributed by atoms with van der Waals surface area (Å²) in [7, 11) is -1.56. The molecule has 1 atom stereocenters. The first-order valence-corrected chi connectivity index (χ1v) is 12.0. The minimum Gasteiger partial charge on any atom is -0.492 e. The summed E-state index contributed by atoms with van der Waals surface area (Å²) in [6, 6.07) is 5.84. The van der Waals surface area contributed by atoms with E-state index in [0.29, 0.717) is 44.6 Å². The highest BCUT2D eigenvalue weighted by Crippen LogP contribution is 2.12. The molecule has 2 rings (SSSR count). The average Bonchev–Trinajstić information content (AvgIpc) is 2.74. The third-order valence-electron chi connectivity index (χ3n) is 4.63. The lowest BCUT2D eigenvalue weighted by atomic mass is 10.1. The first kappa shape index (κ1) is 24.4. The van der Waals surface area contributed by atoms with Crippen molar-refractivity contribution in [1.29, 1.82) is 0 Å². The Bertz CT molecular complexity index is 753. The normalized spacial score (nSPS) is 17.6. The van der Waals surface area contributed by atoms with Crippen molar-refractivity contribution < 1.29 is 22.3 Å². The number of benzene rings is 1. The van der Waals surface area contributed by atoms with Crippen LogP contribution in [0.15, 0.2) is 29.3 Å². The van der Waals surface area contributed by atoms with E-state index in [1.807, 2.05) is 18.9 Å². The molecule has 170 valence electrons. The molecular weight excluding hydrogens is 411 g/mol. The molecule has 0 amide bonds. The molecule has 1 unspecified atom stereocenters. The van der Waals surface area contributed by atoms with E-state index in [-0.39, 0.29) is 24.2 Å². The predicted octanol–water partition coefficient (Wildman–Crippen LogP) is 1.59. The van der Waals surface area contributed by atoms with Gasteiger partial charge < -0.3 is 19.7 Å². The van der Waals surface area contributed by atoms with Crippen LogP contribution in [0.1, 0.15) is 26.2 Å². The Morgan fingerprint density at radius 2 is 2.10 bits per heavy atom. The standard InChI is InChI=1S/C20H33FN4O4S/c1-3-22-20(25(2)12-14-29-18-9-7-17(21)8-10-18)23-11-15-30(26,27)24-16-19-6-4-5-13-28-19/h7-10,19,24H,3-6,11-16H2,1-2H3,(H,22,23). The van der Waals surface area contributed by atoms with Crippen LogP contribution < -0.4 is 14.8 Å². The van der Waals surface area contributed by atoms with E-state index < -0.39 is 10.0 Å². The molecule has 0 bridgehead atoms. The van der Waals surface area contributed by atoms with E-state index in [0.717, 1.165) is 19.3 Å². The molecule has 0 aromatic heterocycles. The number of likely N-dealkylation sites (N-methyl/N-ethyl adjacent to an activating group) is 1. The second kappa shape index (κ2) is 12.7. The Balaban J connectivity index is 1.76. The molecule has 30 heavy (non-hydrogen) atoms. The Morgan fingerprint density at radius 3 is 2.77 bits per heavy atom. The van der Waals surface area contributed by atoms with Crippen LogP contribution in [-0.4, -0.2) is 77.6 Å². The first-order chi connectivity index (χ1) is 14.4. The van der Waals surface area contributed by atoms with Crippen molar-refractivity contribution in [2.24, 2.45) is 4.99 Å². The van der Waals surface area contributed by atoms with Gasteiger partial charge in [0.25, 0.3) is 0 Å². The van der Waals surface area contributed by atoms with Crippen molar-refractivity contribution >= 4 is 16.0 Å². The first-order valence-electron chi connectivity index (χ1n) is 10.4. The van der Waals surface area contributed by atoms with Crippen LogP contribution >= 0.6 is 0 Å². The van der Waals surface area contributed by atoms with Crippen molar-refractivity contribution in [3.05, 3.63) is 30.1 Å². The molecule has 10 heteroatoms. The van der Waals surface area contributed by atoms with Crippen LogP contribution in [0, 0.1) is 5.82 Å². The number of ether oxygens (including phenoxy) is 2. The highest BCUT2D eigenvalue weighted by molar-refractivity contribution is 7.89. The van der Waals surface area contributed by atoms with Gasteiger partial charge in [-0.2, -0.15) is 0 Å². The number of halogens is 1. The molecule has 1 saturated heterocycles. The highest BCUT2D eigenvalue weighted by Gasteiger charge is 2.17. The zero-order valence-corrected chi connectivity index (χ0v) is 18.6. The zero-order valence-electron chi connectivity index (χ0n) is 17.8. The molecule has 1 aromatic carbocycles. The molecule has 0 aliphatic carbocycles. The summed E-state index contributed by atoms with van der Waals surface area (Å²) in [4.78, 5) is 6.27. The minimum atomic E-state index is -3.41. The molecule has 0 saturated carbocycles. The molecular formula is C20H33FN4O4S. The van der Waals surface area contributed by atoms with Gasteiger partial charge in [-0.15, -0.1) is 0 Å². The van der Waals surface area contributed by atoms with Crippen molar-refractivity contribution in [2.75, 3.05) is 52.2 Å². The fourth-order valence-electron chi connectivity index (χ4n) is 2.94.